The van der Waals surface area contributed by atoms with E-state index in [0.717, 1.165) is 37.9 Å². The van der Waals surface area contributed by atoms with Crippen molar-refractivity contribution in [2.75, 3.05) is 19.6 Å². The molecule has 0 atom stereocenters. The van der Waals surface area contributed by atoms with Crippen molar-refractivity contribution in [3.63, 3.8) is 0 Å². The summed E-state index contributed by atoms with van der Waals surface area (Å²) in [5, 5.41) is 2.86. The Morgan fingerprint density at radius 1 is 1.53 bits per heavy atom. The number of rotatable bonds is 6. The minimum absolute atomic E-state index is 0.000372. The lowest BCUT2D eigenvalue weighted by Gasteiger charge is -2.15. The van der Waals surface area contributed by atoms with Crippen molar-refractivity contribution in [1.29, 1.82) is 0 Å². The van der Waals surface area contributed by atoms with Crippen molar-refractivity contribution < 1.29 is 9.59 Å². The minimum atomic E-state index is -0.000372. The Labute approximate surface area is 103 Å². The molecule has 0 aliphatic carbocycles. The molecule has 0 bridgehead atoms. The number of hydrogen-bond donors (Lipinski definition) is 1. The van der Waals surface area contributed by atoms with E-state index < -0.39 is 0 Å². The van der Waals surface area contributed by atoms with E-state index in [-0.39, 0.29) is 11.8 Å². The molecule has 1 rings (SSSR count). The Morgan fingerprint density at radius 3 is 2.88 bits per heavy atom. The number of carbonyl (C=O) groups is 2. The highest BCUT2D eigenvalue weighted by molar-refractivity contribution is 5.92. The maximum Gasteiger partial charge on any atom is 0.246 e. The fourth-order valence-corrected chi connectivity index (χ4v) is 1.95. The fourth-order valence-electron chi connectivity index (χ4n) is 1.95. The standard InChI is InChI=1S/C13H22N2O2/c1-3-6-11(2)13(17)14-8-5-10-15-9-4-7-12(15)16/h6H,3-5,7-10H2,1-2H3,(H,14,17)/b11-6-. The summed E-state index contributed by atoms with van der Waals surface area (Å²) < 4.78 is 0. The van der Waals surface area contributed by atoms with E-state index >= 15 is 0 Å². The molecular formula is C13H22N2O2. The lowest BCUT2D eigenvalue weighted by Crippen LogP contribution is -2.30. The summed E-state index contributed by atoms with van der Waals surface area (Å²) in [5.74, 6) is 0.248. The van der Waals surface area contributed by atoms with Crippen molar-refractivity contribution in [3.8, 4) is 0 Å². The van der Waals surface area contributed by atoms with Crippen LogP contribution in [-0.4, -0.2) is 36.3 Å². The lowest BCUT2D eigenvalue weighted by atomic mass is 10.2. The van der Waals surface area contributed by atoms with Gasteiger partial charge in [-0.15, -0.1) is 0 Å². The molecule has 4 nitrogen and oxygen atoms in total. The van der Waals surface area contributed by atoms with Gasteiger partial charge in [0.15, 0.2) is 0 Å². The summed E-state index contributed by atoms with van der Waals surface area (Å²) >= 11 is 0. The van der Waals surface area contributed by atoms with Gasteiger partial charge in [0.25, 0.3) is 0 Å². The Morgan fingerprint density at radius 2 is 2.29 bits per heavy atom. The van der Waals surface area contributed by atoms with Crippen molar-refractivity contribution in [1.82, 2.24) is 10.2 Å². The first-order valence-electron chi connectivity index (χ1n) is 6.38. The molecule has 1 heterocycles. The molecule has 1 N–H and O–H groups in total. The van der Waals surface area contributed by atoms with Gasteiger partial charge in [-0.25, -0.2) is 0 Å². The number of nitrogens with one attached hydrogen (secondary N) is 1. The zero-order valence-corrected chi connectivity index (χ0v) is 10.8. The Bertz CT molecular complexity index is 311. The summed E-state index contributed by atoms with van der Waals surface area (Å²) in [4.78, 5) is 24.7. The van der Waals surface area contributed by atoms with Crippen LogP contribution in [0.2, 0.25) is 0 Å². The highest BCUT2D eigenvalue weighted by Gasteiger charge is 2.18. The zero-order chi connectivity index (χ0) is 12.7. The van der Waals surface area contributed by atoms with Gasteiger partial charge >= 0.3 is 0 Å². The summed E-state index contributed by atoms with van der Waals surface area (Å²) in [6.45, 7) is 6.10. The van der Waals surface area contributed by atoms with Crippen LogP contribution in [0, 0.1) is 0 Å². The number of nitrogens with zero attached hydrogens (tertiary/aromatic N) is 1. The van der Waals surface area contributed by atoms with E-state index in [2.05, 4.69) is 5.32 Å². The molecule has 0 spiro atoms. The summed E-state index contributed by atoms with van der Waals surface area (Å²) in [7, 11) is 0. The van der Waals surface area contributed by atoms with E-state index in [4.69, 9.17) is 0 Å². The van der Waals surface area contributed by atoms with Gasteiger partial charge in [0.1, 0.15) is 0 Å². The topological polar surface area (TPSA) is 49.4 Å². The van der Waals surface area contributed by atoms with E-state index in [1.165, 1.54) is 0 Å². The van der Waals surface area contributed by atoms with Crippen LogP contribution < -0.4 is 5.32 Å². The van der Waals surface area contributed by atoms with Crippen LogP contribution in [0.4, 0.5) is 0 Å². The van der Waals surface area contributed by atoms with Gasteiger partial charge in [-0.2, -0.15) is 0 Å². The summed E-state index contributed by atoms with van der Waals surface area (Å²) in [5.41, 5.74) is 0.768. The molecule has 1 aliphatic heterocycles. The Hall–Kier alpha value is -1.32. The average Bonchev–Trinajstić information content (AvgIpc) is 2.70. The second-order valence-corrected chi connectivity index (χ2v) is 4.39. The monoisotopic (exact) mass is 238 g/mol. The molecule has 1 fully saturated rings. The number of allylic oxidation sites excluding steroid dienone is 1. The van der Waals surface area contributed by atoms with Gasteiger partial charge in [0.05, 0.1) is 0 Å². The Balaban J connectivity index is 2.13. The largest absolute Gasteiger partial charge is 0.352 e. The van der Waals surface area contributed by atoms with E-state index in [9.17, 15) is 9.59 Å². The van der Waals surface area contributed by atoms with Gasteiger partial charge < -0.3 is 10.2 Å². The first kappa shape index (κ1) is 13.7. The molecule has 1 aliphatic rings. The molecular weight excluding hydrogens is 216 g/mol. The zero-order valence-electron chi connectivity index (χ0n) is 10.8. The van der Waals surface area contributed by atoms with Gasteiger partial charge in [0.2, 0.25) is 11.8 Å². The predicted molar refractivity (Wildman–Crippen MR) is 67.5 cm³/mol. The summed E-state index contributed by atoms with van der Waals surface area (Å²) in [6.07, 6.45) is 5.28. The quantitative estimate of drug-likeness (QED) is 0.563. The third-order valence-electron chi connectivity index (χ3n) is 2.93. The smallest absolute Gasteiger partial charge is 0.246 e. The fraction of sp³-hybridized carbons (Fsp3) is 0.692. The van der Waals surface area contributed by atoms with Crippen LogP contribution in [0.5, 0.6) is 0 Å². The van der Waals surface area contributed by atoms with Crippen LogP contribution in [0.3, 0.4) is 0 Å². The molecule has 0 aromatic rings. The van der Waals surface area contributed by atoms with Crippen molar-refractivity contribution in [2.24, 2.45) is 0 Å². The maximum absolute atomic E-state index is 11.5. The van der Waals surface area contributed by atoms with Crippen molar-refractivity contribution in [3.05, 3.63) is 11.6 Å². The summed E-state index contributed by atoms with van der Waals surface area (Å²) in [6, 6.07) is 0. The third-order valence-corrected chi connectivity index (χ3v) is 2.93. The second kappa shape index (κ2) is 7.09. The Kier molecular flexibility index (Phi) is 5.73. The van der Waals surface area contributed by atoms with E-state index in [1.807, 2.05) is 24.8 Å². The first-order chi connectivity index (χ1) is 8.15. The van der Waals surface area contributed by atoms with Gasteiger partial charge in [-0.05, 0) is 26.2 Å². The minimum Gasteiger partial charge on any atom is -0.352 e. The molecule has 1 saturated heterocycles. The van der Waals surface area contributed by atoms with Crippen LogP contribution in [0.15, 0.2) is 11.6 Å². The predicted octanol–water partition coefficient (Wildman–Crippen LogP) is 1.47. The number of hydrogen-bond acceptors (Lipinski definition) is 2. The van der Waals surface area contributed by atoms with Crippen LogP contribution in [-0.2, 0) is 9.59 Å². The number of carbonyl (C=O) groups excluding carboxylic acids is 2. The normalized spacial score (nSPS) is 16.5. The molecule has 0 radical (unpaired) electrons. The molecule has 0 unspecified atom stereocenters. The first-order valence-corrected chi connectivity index (χ1v) is 6.38. The molecule has 0 aromatic carbocycles. The number of likely N-dealkylation sites (tertiary alicyclic amines) is 1. The molecule has 17 heavy (non-hydrogen) atoms. The molecule has 2 amide bonds. The lowest BCUT2D eigenvalue weighted by molar-refractivity contribution is -0.127. The van der Waals surface area contributed by atoms with Crippen LogP contribution >= 0.6 is 0 Å². The van der Waals surface area contributed by atoms with Crippen LogP contribution in [0.1, 0.15) is 39.5 Å². The van der Waals surface area contributed by atoms with E-state index in [1.54, 1.807) is 0 Å². The van der Waals surface area contributed by atoms with Crippen molar-refractivity contribution in [2.45, 2.75) is 39.5 Å². The van der Waals surface area contributed by atoms with E-state index in [0.29, 0.717) is 13.0 Å². The number of amides is 2. The molecule has 96 valence electrons. The van der Waals surface area contributed by atoms with Crippen LogP contribution in [0.25, 0.3) is 0 Å². The third kappa shape index (κ3) is 4.59. The van der Waals surface area contributed by atoms with Gasteiger partial charge in [-0.3, -0.25) is 9.59 Å². The molecule has 0 saturated carbocycles. The maximum atomic E-state index is 11.5. The molecule has 4 heteroatoms. The SMILES string of the molecule is CC/C=C(/C)C(=O)NCCCN1CCCC1=O. The second-order valence-electron chi connectivity index (χ2n) is 4.39. The van der Waals surface area contributed by atoms with Gasteiger partial charge in [-0.1, -0.05) is 13.0 Å². The highest BCUT2D eigenvalue weighted by Crippen LogP contribution is 2.09. The van der Waals surface area contributed by atoms with Gasteiger partial charge in [0, 0.05) is 31.6 Å². The van der Waals surface area contributed by atoms with Crippen molar-refractivity contribution >= 4 is 11.8 Å². The average molecular weight is 238 g/mol. The molecule has 0 aromatic heterocycles. The highest BCUT2D eigenvalue weighted by atomic mass is 16.2.